The summed E-state index contributed by atoms with van der Waals surface area (Å²) in [4.78, 5) is 15.6. The molecule has 0 amide bonds. The van der Waals surface area contributed by atoms with E-state index in [1.54, 1.807) is 12.4 Å². The highest BCUT2D eigenvalue weighted by molar-refractivity contribution is 5.41. The second-order valence-corrected chi connectivity index (χ2v) is 5.84. The van der Waals surface area contributed by atoms with Crippen LogP contribution in [0.2, 0.25) is 0 Å². The molecule has 22 heavy (non-hydrogen) atoms. The van der Waals surface area contributed by atoms with Gasteiger partial charge in [0.1, 0.15) is 17.2 Å². The fraction of sp³-hybridized carbons (Fsp3) is 0.533. The van der Waals surface area contributed by atoms with Gasteiger partial charge in [0.05, 0.1) is 32.2 Å². The molecule has 2 fully saturated rings. The first-order valence-electron chi connectivity index (χ1n) is 7.55. The van der Waals surface area contributed by atoms with Gasteiger partial charge in [-0.15, -0.1) is 0 Å². The van der Waals surface area contributed by atoms with E-state index in [0.29, 0.717) is 13.2 Å². The zero-order chi connectivity index (χ0) is 15.0. The summed E-state index contributed by atoms with van der Waals surface area (Å²) < 4.78 is 13.4. The first kappa shape index (κ1) is 13.7. The van der Waals surface area contributed by atoms with E-state index in [1.807, 2.05) is 23.9 Å². The molecule has 0 N–H and O–H groups in total. The molecule has 0 aliphatic carbocycles. The van der Waals surface area contributed by atoms with Crippen molar-refractivity contribution in [2.75, 3.05) is 37.8 Å². The number of nitrogens with zero attached hydrogens (tertiary/aromatic N) is 5. The van der Waals surface area contributed by atoms with Gasteiger partial charge in [0.2, 0.25) is 0 Å². The molecular weight excluding hydrogens is 282 g/mol. The van der Waals surface area contributed by atoms with Gasteiger partial charge in [0.25, 0.3) is 0 Å². The third-order valence-corrected chi connectivity index (χ3v) is 4.32. The van der Waals surface area contributed by atoms with Gasteiger partial charge in [-0.1, -0.05) is 0 Å². The number of imidazole rings is 1. The van der Waals surface area contributed by atoms with Crippen LogP contribution in [0, 0.1) is 6.92 Å². The third kappa shape index (κ3) is 2.36. The SMILES string of the molecule is Cc1nccn1-c1cncc(N2CCOC3(CCOC3)C2)n1. The number of hydrogen-bond donors (Lipinski definition) is 0. The highest BCUT2D eigenvalue weighted by Gasteiger charge is 2.40. The van der Waals surface area contributed by atoms with Crippen LogP contribution in [-0.2, 0) is 9.47 Å². The maximum atomic E-state index is 5.97. The Morgan fingerprint density at radius 2 is 2.14 bits per heavy atom. The average molecular weight is 301 g/mol. The molecule has 0 aromatic carbocycles. The van der Waals surface area contributed by atoms with Crippen molar-refractivity contribution in [1.82, 2.24) is 19.5 Å². The lowest BCUT2D eigenvalue weighted by Gasteiger charge is -2.39. The lowest BCUT2D eigenvalue weighted by atomic mass is 10.0. The van der Waals surface area contributed by atoms with E-state index in [9.17, 15) is 0 Å². The maximum absolute atomic E-state index is 5.97. The minimum Gasteiger partial charge on any atom is -0.378 e. The van der Waals surface area contributed by atoms with Crippen LogP contribution >= 0.6 is 0 Å². The molecule has 2 saturated heterocycles. The van der Waals surface area contributed by atoms with Crippen molar-refractivity contribution in [1.29, 1.82) is 0 Å². The van der Waals surface area contributed by atoms with E-state index in [-0.39, 0.29) is 5.60 Å². The summed E-state index contributed by atoms with van der Waals surface area (Å²) in [6, 6.07) is 0. The predicted octanol–water partition coefficient (Wildman–Crippen LogP) is 0.966. The summed E-state index contributed by atoms with van der Waals surface area (Å²) in [6.45, 7) is 5.70. The van der Waals surface area contributed by atoms with Gasteiger partial charge in [-0.2, -0.15) is 0 Å². The number of rotatable bonds is 2. The van der Waals surface area contributed by atoms with Crippen molar-refractivity contribution < 1.29 is 9.47 Å². The normalized spacial score (nSPS) is 25.0. The topological polar surface area (TPSA) is 65.3 Å². The zero-order valence-electron chi connectivity index (χ0n) is 12.6. The zero-order valence-corrected chi connectivity index (χ0v) is 12.6. The number of anilines is 1. The highest BCUT2D eigenvalue weighted by Crippen LogP contribution is 2.29. The minimum absolute atomic E-state index is 0.180. The van der Waals surface area contributed by atoms with Crippen molar-refractivity contribution in [2.24, 2.45) is 0 Å². The first-order chi connectivity index (χ1) is 10.8. The average Bonchev–Trinajstić information content (AvgIpc) is 3.17. The van der Waals surface area contributed by atoms with E-state index >= 15 is 0 Å². The molecule has 2 aliphatic rings. The van der Waals surface area contributed by atoms with Gasteiger partial charge < -0.3 is 14.4 Å². The van der Waals surface area contributed by atoms with Crippen molar-refractivity contribution in [2.45, 2.75) is 18.9 Å². The smallest absolute Gasteiger partial charge is 0.159 e. The number of hydrogen-bond acceptors (Lipinski definition) is 6. The summed E-state index contributed by atoms with van der Waals surface area (Å²) in [6.07, 6.45) is 8.17. The molecule has 7 nitrogen and oxygen atoms in total. The Balaban J connectivity index is 1.61. The number of morpholine rings is 1. The van der Waals surface area contributed by atoms with Crippen molar-refractivity contribution in [3.63, 3.8) is 0 Å². The Morgan fingerprint density at radius 1 is 1.23 bits per heavy atom. The number of aromatic nitrogens is 4. The monoisotopic (exact) mass is 301 g/mol. The van der Waals surface area contributed by atoms with Crippen LogP contribution < -0.4 is 4.90 Å². The largest absolute Gasteiger partial charge is 0.378 e. The standard InChI is InChI=1S/C15H19N5O2/c1-12-17-3-4-20(12)14-9-16-8-13(18-14)19-5-7-22-15(10-19)2-6-21-11-15/h3-4,8-9H,2,5-7,10-11H2,1H3. The first-order valence-corrected chi connectivity index (χ1v) is 7.55. The number of aryl methyl sites for hydroxylation is 1. The van der Waals surface area contributed by atoms with E-state index < -0.39 is 0 Å². The molecule has 1 unspecified atom stereocenters. The van der Waals surface area contributed by atoms with E-state index in [4.69, 9.17) is 14.5 Å². The van der Waals surface area contributed by atoms with Gasteiger partial charge >= 0.3 is 0 Å². The molecule has 7 heteroatoms. The molecule has 2 aliphatic heterocycles. The molecule has 4 heterocycles. The quantitative estimate of drug-likeness (QED) is 0.823. The molecule has 4 rings (SSSR count). The molecule has 116 valence electrons. The number of ether oxygens (including phenoxy) is 2. The summed E-state index contributed by atoms with van der Waals surface area (Å²) >= 11 is 0. The van der Waals surface area contributed by atoms with E-state index in [1.165, 1.54) is 0 Å². The van der Waals surface area contributed by atoms with Crippen molar-refractivity contribution in [3.8, 4) is 5.82 Å². The van der Waals surface area contributed by atoms with E-state index in [0.717, 1.165) is 43.6 Å². The Kier molecular flexibility index (Phi) is 3.31. The third-order valence-electron chi connectivity index (χ3n) is 4.32. The minimum atomic E-state index is -0.180. The molecular formula is C15H19N5O2. The fourth-order valence-corrected chi connectivity index (χ4v) is 3.10. The second kappa shape index (κ2) is 5.33. The van der Waals surface area contributed by atoms with Crippen LogP contribution in [0.25, 0.3) is 5.82 Å². The van der Waals surface area contributed by atoms with Gasteiger partial charge in [-0.25, -0.2) is 9.97 Å². The van der Waals surface area contributed by atoms with Gasteiger partial charge in [-0.05, 0) is 6.92 Å². The predicted molar refractivity (Wildman–Crippen MR) is 80.2 cm³/mol. The van der Waals surface area contributed by atoms with Crippen LogP contribution in [0.15, 0.2) is 24.8 Å². The lowest BCUT2D eigenvalue weighted by Crippen LogP contribution is -2.52. The van der Waals surface area contributed by atoms with Crippen LogP contribution in [-0.4, -0.2) is 58.0 Å². The summed E-state index contributed by atoms with van der Waals surface area (Å²) in [7, 11) is 0. The molecule has 1 atom stereocenters. The molecule has 2 aromatic heterocycles. The summed E-state index contributed by atoms with van der Waals surface area (Å²) in [5, 5.41) is 0. The van der Waals surface area contributed by atoms with Crippen LogP contribution in [0.5, 0.6) is 0 Å². The Morgan fingerprint density at radius 3 is 2.91 bits per heavy atom. The molecule has 0 radical (unpaired) electrons. The Bertz CT molecular complexity index is 665. The van der Waals surface area contributed by atoms with Gasteiger partial charge in [0.15, 0.2) is 5.82 Å². The molecule has 0 saturated carbocycles. The van der Waals surface area contributed by atoms with Crippen LogP contribution in [0.4, 0.5) is 5.82 Å². The van der Waals surface area contributed by atoms with Gasteiger partial charge in [-0.3, -0.25) is 9.55 Å². The van der Waals surface area contributed by atoms with Crippen LogP contribution in [0.1, 0.15) is 12.2 Å². The van der Waals surface area contributed by atoms with Gasteiger partial charge in [0, 0.05) is 32.0 Å². The Labute approximate surface area is 128 Å². The highest BCUT2D eigenvalue weighted by atomic mass is 16.6. The summed E-state index contributed by atoms with van der Waals surface area (Å²) in [5.74, 6) is 2.56. The van der Waals surface area contributed by atoms with Crippen LogP contribution in [0.3, 0.4) is 0 Å². The van der Waals surface area contributed by atoms with Crippen molar-refractivity contribution in [3.05, 3.63) is 30.6 Å². The second-order valence-electron chi connectivity index (χ2n) is 5.84. The maximum Gasteiger partial charge on any atom is 0.159 e. The van der Waals surface area contributed by atoms with E-state index in [2.05, 4.69) is 14.9 Å². The van der Waals surface area contributed by atoms with Crippen molar-refractivity contribution >= 4 is 5.82 Å². The lowest BCUT2D eigenvalue weighted by molar-refractivity contribution is -0.0581. The molecule has 1 spiro atoms. The Hall–Kier alpha value is -1.99. The fourth-order valence-electron chi connectivity index (χ4n) is 3.10. The molecule has 2 aromatic rings. The summed E-state index contributed by atoms with van der Waals surface area (Å²) in [5.41, 5.74) is -0.180. The molecule has 0 bridgehead atoms.